The fourth-order valence-electron chi connectivity index (χ4n) is 3.11. The van der Waals surface area contributed by atoms with Gasteiger partial charge >= 0.3 is 6.03 Å². The predicted octanol–water partition coefficient (Wildman–Crippen LogP) is 2.09. The van der Waals surface area contributed by atoms with Gasteiger partial charge in [-0.25, -0.2) is 4.79 Å². The quantitative estimate of drug-likeness (QED) is 0.844. The molecule has 0 aliphatic carbocycles. The fraction of sp³-hybridized carbons (Fsp3) is 0.500. The Morgan fingerprint density at radius 1 is 1.36 bits per heavy atom. The van der Waals surface area contributed by atoms with E-state index in [0.29, 0.717) is 19.7 Å². The van der Waals surface area contributed by atoms with Crippen LogP contribution in [0.4, 0.5) is 4.79 Å². The lowest BCUT2D eigenvalue weighted by Gasteiger charge is -2.32. The van der Waals surface area contributed by atoms with E-state index < -0.39 is 0 Å². The molecule has 0 saturated carbocycles. The molecule has 1 aromatic heterocycles. The lowest BCUT2D eigenvalue weighted by Crippen LogP contribution is -2.46. The van der Waals surface area contributed by atoms with Crippen LogP contribution >= 0.6 is 0 Å². The first-order chi connectivity index (χ1) is 12.1. The normalized spacial score (nSPS) is 17.4. The van der Waals surface area contributed by atoms with Crippen LogP contribution < -0.4 is 10.1 Å². The number of ether oxygens (including phenoxy) is 1. The third kappa shape index (κ3) is 4.49. The van der Waals surface area contributed by atoms with Crippen LogP contribution in [0.2, 0.25) is 0 Å². The summed E-state index contributed by atoms with van der Waals surface area (Å²) in [5.74, 6) is 2.01. The van der Waals surface area contributed by atoms with Crippen molar-refractivity contribution in [3.8, 4) is 5.75 Å². The molecule has 1 aliphatic rings. The van der Waals surface area contributed by atoms with Crippen molar-refractivity contribution in [2.45, 2.75) is 25.7 Å². The van der Waals surface area contributed by atoms with E-state index in [9.17, 15) is 4.79 Å². The highest BCUT2D eigenvalue weighted by Crippen LogP contribution is 2.24. The van der Waals surface area contributed by atoms with Crippen molar-refractivity contribution in [3.05, 3.63) is 42.0 Å². The van der Waals surface area contributed by atoms with Crippen LogP contribution in [0.5, 0.6) is 5.75 Å². The molecule has 134 valence electrons. The number of nitrogens with one attached hydrogen (secondary N) is 1. The average molecular weight is 343 g/mol. The highest BCUT2D eigenvalue weighted by atomic mass is 16.5. The van der Waals surface area contributed by atoms with Crippen LogP contribution in [0.15, 0.2) is 30.6 Å². The summed E-state index contributed by atoms with van der Waals surface area (Å²) in [7, 11) is 1.94. The van der Waals surface area contributed by atoms with Gasteiger partial charge in [-0.05, 0) is 31.9 Å². The van der Waals surface area contributed by atoms with Crippen molar-refractivity contribution in [1.82, 2.24) is 25.0 Å². The molecule has 1 fully saturated rings. The van der Waals surface area contributed by atoms with Gasteiger partial charge in [0.05, 0.1) is 6.54 Å². The van der Waals surface area contributed by atoms with Crippen molar-refractivity contribution >= 4 is 6.03 Å². The van der Waals surface area contributed by atoms with Gasteiger partial charge in [0.25, 0.3) is 0 Å². The molecule has 0 bridgehead atoms. The molecule has 2 amide bonds. The Balaban J connectivity index is 1.43. The largest absolute Gasteiger partial charge is 0.492 e. The van der Waals surface area contributed by atoms with Gasteiger partial charge in [-0.1, -0.05) is 17.7 Å². The van der Waals surface area contributed by atoms with E-state index in [1.54, 1.807) is 6.33 Å². The molecule has 1 N–H and O–H groups in total. The molecule has 7 heteroatoms. The van der Waals surface area contributed by atoms with Crippen molar-refractivity contribution in [2.75, 3.05) is 26.2 Å². The van der Waals surface area contributed by atoms with Gasteiger partial charge in [-0.15, -0.1) is 10.2 Å². The van der Waals surface area contributed by atoms with Crippen LogP contribution in [-0.2, 0) is 7.05 Å². The average Bonchev–Trinajstić information content (AvgIpc) is 3.06. The maximum atomic E-state index is 12.4. The van der Waals surface area contributed by atoms with Crippen molar-refractivity contribution in [1.29, 1.82) is 0 Å². The topological polar surface area (TPSA) is 72.3 Å². The number of aromatic nitrogens is 3. The minimum atomic E-state index is -0.0422. The minimum Gasteiger partial charge on any atom is -0.492 e. The standard InChI is InChI=1S/C18H25N5O2/c1-14-5-7-16(8-6-14)25-11-9-19-18(24)23-10-3-4-15(12-23)17-21-20-13-22(17)2/h5-8,13,15H,3-4,9-12H2,1-2H3,(H,19,24). The van der Waals surface area contributed by atoms with E-state index in [4.69, 9.17) is 4.74 Å². The van der Waals surface area contributed by atoms with E-state index >= 15 is 0 Å². The summed E-state index contributed by atoms with van der Waals surface area (Å²) in [5, 5.41) is 11.1. The summed E-state index contributed by atoms with van der Waals surface area (Å²) in [5.41, 5.74) is 1.20. The van der Waals surface area contributed by atoms with Crippen LogP contribution in [0.25, 0.3) is 0 Å². The number of amides is 2. The number of nitrogens with zero attached hydrogens (tertiary/aromatic N) is 4. The zero-order chi connectivity index (χ0) is 17.6. The minimum absolute atomic E-state index is 0.0422. The molecular weight excluding hydrogens is 318 g/mol. The number of piperidine rings is 1. The number of likely N-dealkylation sites (tertiary alicyclic amines) is 1. The highest BCUT2D eigenvalue weighted by molar-refractivity contribution is 5.74. The van der Waals surface area contributed by atoms with Crippen LogP contribution in [0.3, 0.4) is 0 Å². The van der Waals surface area contributed by atoms with Gasteiger partial charge in [0.2, 0.25) is 0 Å². The molecule has 3 rings (SSSR count). The third-order valence-corrected chi connectivity index (χ3v) is 4.49. The molecule has 7 nitrogen and oxygen atoms in total. The zero-order valence-corrected chi connectivity index (χ0v) is 14.8. The molecule has 1 aliphatic heterocycles. The van der Waals surface area contributed by atoms with Crippen molar-refractivity contribution < 1.29 is 9.53 Å². The van der Waals surface area contributed by atoms with Crippen LogP contribution in [0.1, 0.15) is 30.1 Å². The Morgan fingerprint density at radius 3 is 2.88 bits per heavy atom. The first-order valence-corrected chi connectivity index (χ1v) is 8.69. The highest BCUT2D eigenvalue weighted by Gasteiger charge is 2.27. The summed E-state index contributed by atoms with van der Waals surface area (Å²) in [6.07, 6.45) is 3.72. The molecule has 0 spiro atoms. The maximum absolute atomic E-state index is 12.4. The van der Waals surface area contributed by atoms with E-state index in [2.05, 4.69) is 15.5 Å². The lowest BCUT2D eigenvalue weighted by molar-refractivity contribution is 0.175. The maximum Gasteiger partial charge on any atom is 0.317 e. The number of urea groups is 1. The number of aryl methyl sites for hydroxylation is 2. The molecule has 1 unspecified atom stereocenters. The third-order valence-electron chi connectivity index (χ3n) is 4.49. The predicted molar refractivity (Wildman–Crippen MR) is 94.6 cm³/mol. The molecule has 1 saturated heterocycles. The second-order valence-corrected chi connectivity index (χ2v) is 6.48. The smallest absolute Gasteiger partial charge is 0.317 e. The van der Waals surface area contributed by atoms with Gasteiger partial charge < -0.3 is 19.5 Å². The summed E-state index contributed by atoms with van der Waals surface area (Å²) >= 11 is 0. The number of rotatable bonds is 5. The number of carbonyl (C=O) groups is 1. The SMILES string of the molecule is Cc1ccc(OCCNC(=O)N2CCCC(c3nncn3C)C2)cc1. The van der Waals surface area contributed by atoms with E-state index in [0.717, 1.165) is 31.0 Å². The van der Waals surface area contributed by atoms with Gasteiger partial charge in [-0.2, -0.15) is 0 Å². The van der Waals surface area contributed by atoms with Gasteiger partial charge in [-0.3, -0.25) is 0 Å². The number of hydrogen-bond acceptors (Lipinski definition) is 4. The molecule has 1 aromatic carbocycles. The summed E-state index contributed by atoms with van der Waals surface area (Å²) in [6.45, 7) is 4.43. The number of carbonyl (C=O) groups excluding carboxylic acids is 1. The van der Waals surface area contributed by atoms with Crippen LogP contribution in [-0.4, -0.2) is 51.9 Å². The monoisotopic (exact) mass is 343 g/mol. The Hall–Kier alpha value is -2.57. The van der Waals surface area contributed by atoms with Gasteiger partial charge in [0.1, 0.15) is 24.5 Å². The summed E-state index contributed by atoms with van der Waals surface area (Å²) in [6, 6.07) is 7.85. The second-order valence-electron chi connectivity index (χ2n) is 6.48. The Morgan fingerprint density at radius 2 is 2.16 bits per heavy atom. The van der Waals surface area contributed by atoms with Gasteiger partial charge in [0, 0.05) is 26.1 Å². The lowest BCUT2D eigenvalue weighted by atomic mass is 9.97. The molecular formula is C18H25N5O2. The van der Waals surface area contributed by atoms with Crippen LogP contribution in [0, 0.1) is 6.92 Å². The van der Waals surface area contributed by atoms with Gasteiger partial charge in [0.15, 0.2) is 0 Å². The van der Waals surface area contributed by atoms with E-state index in [1.807, 2.05) is 47.7 Å². The molecule has 2 heterocycles. The molecule has 1 atom stereocenters. The molecule has 2 aromatic rings. The zero-order valence-electron chi connectivity index (χ0n) is 14.8. The number of benzene rings is 1. The second kappa shape index (κ2) is 8.00. The Kier molecular flexibility index (Phi) is 5.53. The summed E-state index contributed by atoms with van der Waals surface area (Å²) in [4.78, 5) is 14.2. The van der Waals surface area contributed by atoms with Crippen molar-refractivity contribution in [3.63, 3.8) is 0 Å². The molecule has 0 radical (unpaired) electrons. The fourth-order valence-corrected chi connectivity index (χ4v) is 3.11. The Bertz CT molecular complexity index is 698. The molecule has 25 heavy (non-hydrogen) atoms. The first kappa shape index (κ1) is 17.3. The van der Waals surface area contributed by atoms with E-state index in [-0.39, 0.29) is 11.9 Å². The Labute approximate surface area is 148 Å². The number of hydrogen-bond donors (Lipinski definition) is 1. The van der Waals surface area contributed by atoms with E-state index in [1.165, 1.54) is 5.56 Å². The summed E-state index contributed by atoms with van der Waals surface area (Å²) < 4.78 is 7.57. The first-order valence-electron chi connectivity index (χ1n) is 8.69. The van der Waals surface area contributed by atoms with Crippen molar-refractivity contribution in [2.24, 2.45) is 7.05 Å².